The van der Waals surface area contributed by atoms with Crippen molar-refractivity contribution < 1.29 is 18.8 Å². The van der Waals surface area contributed by atoms with Gasteiger partial charge in [-0.25, -0.2) is 0 Å². The number of rotatable bonds is 5. The van der Waals surface area contributed by atoms with Gasteiger partial charge < -0.3 is 18.8 Å². The molecule has 2 heterocycles. The number of allylic oxidation sites excluding steroid dienone is 2. The van der Waals surface area contributed by atoms with Crippen molar-refractivity contribution >= 4 is 7.12 Å². The molecule has 0 aromatic rings. The molecule has 0 aromatic heterocycles. The molecule has 2 aliphatic heterocycles. The number of ether oxygens (including phenoxy) is 2. The highest BCUT2D eigenvalue weighted by atomic mass is 16.7. The molecular weight excluding hydrogens is 255 g/mol. The van der Waals surface area contributed by atoms with E-state index in [4.69, 9.17) is 18.8 Å². The Hall–Kier alpha value is -0.355. The van der Waals surface area contributed by atoms with E-state index in [1.165, 1.54) is 0 Å². The van der Waals surface area contributed by atoms with Crippen LogP contribution in [0, 0.1) is 0 Å². The molecule has 0 unspecified atom stereocenters. The maximum atomic E-state index is 5.94. The van der Waals surface area contributed by atoms with Crippen LogP contribution in [-0.4, -0.2) is 37.3 Å². The zero-order valence-electron chi connectivity index (χ0n) is 13.4. The monoisotopic (exact) mass is 282 g/mol. The molecule has 20 heavy (non-hydrogen) atoms. The number of hydrogen-bond acceptors (Lipinski definition) is 4. The molecule has 2 aliphatic rings. The topological polar surface area (TPSA) is 36.9 Å². The fourth-order valence-electron chi connectivity index (χ4n) is 2.43. The highest BCUT2D eigenvalue weighted by Crippen LogP contribution is 2.37. The van der Waals surface area contributed by atoms with E-state index in [-0.39, 0.29) is 18.3 Å². The van der Waals surface area contributed by atoms with E-state index in [0.29, 0.717) is 13.2 Å². The Morgan fingerprint density at radius 1 is 0.900 bits per heavy atom. The third-order valence-corrected chi connectivity index (χ3v) is 4.46. The van der Waals surface area contributed by atoms with Crippen molar-refractivity contribution in [2.75, 3.05) is 13.2 Å². The van der Waals surface area contributed by atoms with Gasteiger partial charge in [0.25, 0.3) is 0 Å². The van der Waals surface area contributed by atoms with Crippen molar-refractivity contribution in [2.24, 2.45) is 0 Å². The minimum atomic E-state index is -0.394. The smallest absolute Gasteiger partial charge is 0.403 e. The van der Waals surface area contributed by atoms with Gasteiger partial charge in [0.05, 0.1) is 24.4 Å². The Labute approximate surface area is 122 Å². The van der Waals surface area contributed by atoms with Crippen molar-refractivity contribution in [3.8, 4) is 0 Å². The Morgan fingerprint density at radius 2 is 1.45 bits per heavy atom. The minimum Gasteiger partial charge on any atom is -0.403 e. The molecule has 0 amide bonds. The zero-order valence-corrected chi connectivity index (χ0v) is 13.4. The van der Waals surface area contributed by atoms with Gasteiger partial charge in [0.15, 0.2) is 5.79 Å². The standard InChI is InChI=1S/C15H27BO4/c1-13(2)14(3,4)20-16(19-13)10-8-6-7-9-15(5)17-11-12-18-15/h6,8H,7,9-12H2,1-5H3/b8-6-. The molecule has 0 atom stereocenters. The molecule has 114 valence electrons. The molecule has 4 nitrogen and oxygen atoms in total. The van der Waals surface area contributed by atoms with Crippen LogP contribution in [0.2, 0.25) is 6.32 Å². The van der Waals surface area contributed by atoms with Gasteiger partial charge in [-0.15, -0.1) is 0 Å². The van der Waals surface area contributed by atoms with Gasteiger partial charge in [-0.1, -0.05) is 12.2 Å². The quantitative estimate of drug-likeness (QED) is 0.573. The molecule has 2 saturated heterocycles. The molecule has 0 bridgehead atoms. The summed E-state index contributed by atoms with van der Waals surface area (Å²) >= 11 is 0. The van der Waals surface area contributed by atoms with Crippen molar-refractivity contribution in [1.29, 1.82) is 0 Å². The molecule has 0 N–H and O–H groups in total. The fraction of sp³-hybridized carbons (Fsp3) is 0.867. The van der Waals surface area contributed by atoms with Gasteiger partial charge in [-0.05, 0) is 41.0 Å². The van der Waals surface area contributed by atoms with Crippen molar-refractivity contribution in [3.05, 3.63) is 12.2 Å². The van der Waals surface area contributed by atoms with Crippen LogP contribution < -0.4 is 0 Å². The Bertz CT molecular complexity index is 343. The van der Waals surface area contributed by atoms with Gasteiger partial charge in [0.2, 0.25) is 0 Å². The SMILES string of the molecule is CC1(CC/C=C\CB2OC(C)(C)C(C)(C)O2)OCCO1. The summed E-state index contributed by atoms with van der Waals surface area (Å²) in [5.74, 6) is -0.394. The van der Waals surface area contributed by atoms with Gasteiger partial charge in [-0.2, -0.15) is 0 Å². The zero-order chi connectivity index (χ0) is 14.9. The van der Waals surface area contributed by atoms with Crippen LogP contribution in [0.3, 0.4) is 0 Å². The average molecular weight is 282 g/mol. The molecular formula is C15H27BO4. The van der Waals surface area contributed by atoms with Crippen LogP contribution in [0.1, 0.15) is 47.5 Å². The van der Waals surface area contributed by atoms with Crippen LogP contribution >= 0.6 is 0 Å². The first-order valence-corrected chi connectivity index (χ1v) is 7.53. The van der Waals surface area contributed by atoms with Gasteiger partial charge in [-0.3, -0.25) is 0 Å². The lowest BCUT2D eigenvalue weighted by Crippen LogP contribution is -2.41. The fourth-order valence-corrected chi connectivity index (χ4v) is 2.43. The largest absolute Gasteiger partial charge is 0.461 e. The first-order valence-electron chi connectivity index (χ1n) is 7.53. The number of hydrogen-bond donors (Lipinski definition) is 0. The average Bonchev–Trinajstić information content (AvgIpc) is 2.82. The molecule has 2 rings (SSSR count). The van der Waals surface area contributed by atoms with E-state index < -0.39 is 5.79 Å². The highest BCUT2D eigenvalue weighted by molar-refractivity contribution is 6.46. The lowest BCUT2D eigenvalue weighted by atomic mass is 9.85. The van der Waals surface area contributed by atoms with Gasteiger partial charge in [0.1, 0.15) is 0 Å². The van der Waals surface area contributed by atoms with E-state index in [1.54, 1.807) is 0 Å². The lowest BCUT2D eigenvalue weighted by molar-refractivity contribution is -0.145. The molecule has 0 aromatic carbocycles. The molecule has 2 fully saturated rings. The molecule has 0 saturated carbocycles. The summed E-state index contributed by atoms with van der Waals surface area (Å²) in [5, 5.41) is 0. The third-order valence-electron chi connectivity index (χ3n) is 4.46. The molecule has 5 heteroatoms. The summed E-state index contributed by atoms with van der Waals surface area (Å²) in [7, 11) is -0.147. The predicted molar refractivity (Wildman–Crippen MR) is 79.6 cm³/mol. The second-order valence-electron chi connectivity index (χ2n) is 6.76. The molecule has 0 spiro atoms. The maximum absolute atomic E-state index is 5.94. The van der Waals surface area contributed by atoms with Crippen LogP contribution in [0.25, 0.3) is 0 Å². The summed E-state index contributed by atoms with van der Waals surface area (Å²) < 4.78 is 23.0. The van der Waals surface area contributed by atoms with E-state index in [0.717, 1.165) is 19.2 Å². The van der Waals surface area contributed by atoms with E-state index in [9.17, 15) is 0 Å². The van der Waals surface area contributed by atoms with Crippen LogP contribution in [0.15, 0.2) is 12.2 Å². The molecule has 0 radical (unpaired) electrons. The van der Waals surface area contributed by atoms with Crippen molar-refractivity contribution in [2.45, 2.75) is 70.8 Å². The summed E-state index contributed by atoms with van der Waals surface area (Å²) in [6, 6.07) is 0. The summed E-state index contributed by atoms with van der Waals surface area (Å²) in [5.41, 5.74) is -0.491. The van der Waals surface area contributed by atoms with Crippen LogP contribution in [0.5, 0.6) is 0 Å². The van der Waals surface area contributed by atoms with Gasteiger partial charge in [0, 0.05) is 12.7 Å². The first-order chi connectivity index (χ1) is 9.24. The van der Waals surface area contributed by atoms with E-state index in [1.807, 2.05) is 6.92 Å². The Kier molecular flexibility index (Phi) is 4.64. The van der Waals surface area contributed by atoms with E-state index >= 15 is 0 Å². The Balaban J connectivity index is 1.70. The predicted octanol–water partition coefficient (Wildman–Crippen LogP) is 3.18. The second-order valence-corrected chi connectivity index (χ2v) is 6.76. The molecule has 0 aliphatic carbocycles. The van der Waals surface area contributed by atoms with Crippen molar-refractivity contribution in [1.82, 2.24) is 0 Å². The minimum absolute atomic E-state index is 0.147. The lowest BCUT2D eigenvalue weighted by Gasteiger charge is -2.32. The Morgan fingerprint density at radius 3 is 2.00 bits per heavy atom. The van der Waals surface area contributed by atoms with E-state index in [2.05, 4.69) is 39.8 Å². The first kappa shape index (κ1) is 16.0. The highest BCUT2D eigenvalue weighted by Gasteiger charge is 2.50. The third kappa shape index (κ3) is 3.64. The van der Waals surface area contributed by atoms with Crippen molar-refractivity contribution in [3.63, 3.8) is 0 Å². The normalized spacial score (nSPS) is 27.6. The maximum Gasteiger partial charge on any atom is 0.461 e. The van der Waals surface area contributed by atoms with Gasteiger partial charge >= 0.3 is 7.12 Å². The summed E-state index contributed by atoms with van der Waals surface area (Å²) in [6.45, 7) is 11.7. The van der Waals surface area contributed by atoms with Crippen LogP contribution in [-0.2, 0) is 18.8 Å². The second kappa shape index (κ2) is 5.80. The van der Waals surface area contributed by atoms with Crippen LogP contribution in [0.4, 0.5) is 0 Å². The summed E-state index contributed by atoms with van der Waals surface area (Å²) in [6.07, 6.45) is 6.88. The summed E-state index contributed by atoms with van der Waals surface area (Å²) in [4.78, 5) is 0.